The zero-order chi connectivity index (χ0) is 17.8. The van der Waals surface area contributed by atoms with Gasteiger partial charge in [0, 0.05) is 32.7 Å². The van der Waals surface area contributed by atoms with Gasteiger partial charge in [-0.15, -0.1) is 21.5 Å². The number of thiophene rings is 1. The van der Waals surface area contributed by atoms with Crippen molar-refractivity contribution in [2.75, 3.05) is 32.7 Å². The number of hydrogen-bond donors (Lipinski definition) is 0. The van der Waals surface area contributed by atoms with E-state index in [-0.39, 0.29) is 6.04 Å². The lowest BCUT2D eigenvalue weighted by Gasteiger charge is -2.36. The van der Waals surface area contributed by atoms with Crippen molar-refractivity contribution in [3.8, 4) is 10.8 Å². The standard InChI is InChI=1S/C20H24N4OS/c1-16(19-21-22-20(25-19)18-8-5-15-26-18)24-13-11-23(12-14-24)10-9-17-6-3-2-4-7-17/h2-8,15-16H,9-14H2,1H3/t16-/m1/s1. The summed E-state index contributed by atoms with van der Waals surface area (Å²) in [6, 6.07) is 14.9. The van der Waals surface area contributed by atoms with Gasteiger partial charge in [0.2, 0.25) is 5.89 Å². The van der Waals surface area contributed by atoms with E-state index < -0.39 is 0 Å². The van der Waals surface area contributed by atoms with Crippen molar-refractivity contribution < 1.29 is 4.42 Å². The maximum absolute atomic E-state index is 5.91. The van der Waals surface area contributed by atoms with Crippen LogP contribution in [0.5, 0.6) is 0 Å². The number of piperazine rings is 1. The molecule has 0 saturated carbocycles. The Balaban J connectivity index is 1.29. The molecule has 0 unspecified atom stereocenters. The van der Waals surface area contributed by atoms with E-state index in [0.29, 0.717) is 11.8 Å². The minimum atomic E-state index is 0.160. The summed E-state index contributed by atoms with van der Waals surface area (Å²) < 4.78 is 5.91. The smallest absolute Gasteiger partial charge is 0.257 e. The fraction of sp³-hybridized carbons (Fsp3) is 0.400. The monoisotopic (exact) mass is 368 g/mol. The van der Waals surface area contributed by atoms with Gasteiger partial charge in [0.1, 0.15) is 0 Å². The molecule has 2 aromatic heterocycles. The molecule has 3 heterocycles. The second kappa shape index (κ2) is 8.12. The van der Waals surface area contributed by atoms with Gasteiger partial charge < -0.3 is 9.32 Å². The third kappa shape index (κ3) is 4.03. The van der Waals surface area contributed by atoms with E-state index in [1.54, 1.807) is 11.3 Å². The fourth-order valence-corrected chi connectivity index (χ4v) is 4.01. The van der Waals surface area contributed by atoms with Crippen molar-refractivity contribution in [1.82, 2.24) is 20.0 Å². The molecule has 0 spiro atoms. The molecular weight excluding hydrogens is 344 g/mol. The highest BCUT2D eigenvalue weighted by atomic mass is 32.1. The van der Waals surface area contributed by atoms with E-state index in [0.717, 1.165) is 44.0 Å². The molecule has 1 aliphatic rings. The summed E-state index contributed by atoms with van der Waals surface area (Å²) in [5.41, 5.74) is 1.41. The van der Waals surface area contributed by atoms with Crippen LogP contribution < -0.4 is 0 Å². The Hall–Kier alpha value is -2.02. The lowest BCUT2D eigenvalue weighted by molar-refractivity contribution is 0.0923. The minimum Gasteiger partial charge on any atom is -0.418 e. The Morgan fingerprint density at radius 2 is 1.85 bits per heavy atom. The molecule has 6 heteroatoms. The van der Waals surface area contributed by atoms with Gasteiger partial charge in [0.15, 0.2) is 0 Å². The van der Waals surface area contributed by atoms with Crippen molar-refractivity contribution in [3.05, 3.63) is 59.3 Å². The van der Waals surface area contributed by atoms with Crippen molar-refractivity contribution in [1.29, 1.82) is 0 Å². The molecule has 1 atom stereocenters. The second-order valence-electron chi connectivity index (χ2n) is 6.71. The topological polar surface area (TPSA) is 45.4 Å². The minimum absolute atomic E-state index is 0.160. The predicted molar refractivity (Wildman–Crippen MR) is 104 cm³/mol. The molecule has 3 aromatic rings. The van der Waals surface area contributed by atoms with Crippen LogP contribution in [0.25, 0.3) is 10.8 Å². The Kier molecular flexibility index (Phi) is 5.43. The molecule has 0 bridgehead atoms. The van der Waals surface area contributed by atoms with E-state index in [1.165, 1.54) is 5.56 Å². The van der Waals surface area contributed by atoms with Crippen LogP contribution in [0.15, 0.2) is 52.3 Å². The zero-order valence-corrected chi connectivity index (χ0v) is 15.9. The lowest BCUT2D eigenvalue weighted by atomic mass is 10.1. The van der Waals surface area contributed by atoms with Gasteiger partial charge in [-0.05, 0) is 30.4 Å². The van der Waals surface area contributed by atoms with Crippen LogP contribution in [0.3, 0.4) is 0 Å². The van der Waals surface area contributed by atoms with Gasteiger partial charge >= 0.3 is 0 Å². The van der Waals surface area contributed by atoms with Crippen molar-refractivity contribution >= 4 is 11.3 Å². The largest absolute Gasteiger partial charge is 0.418 e. The lowest BCUT2D eigenvalue weighted by Crippen LogP contribution is -2.47. The van der Waals surface area contributed by atoms with Crippen LogP contribution >= 0.6 is 11.3 Å². The molecule has 5 nitrogen and oxygen atoms in total. The first-order valence-corrected chi connectivity index (χ1v) is 10.0. The fourth-order valence-electron chi connectivity index (χ4n) is 3.37. The molecule has 1 saturated heterocycles. The van der Waals surface area contributed by atoms with E-state index >= 15 is 0 Å². The Morgan fingerprint density at radius 1 is 1.04 bits per heavy atom. The zero-order valence-electron chi connectivity index (χ0n) is 15.0. The Labute approximate surface area is 158 Å². The number of benzene rings is 1. The molecule has 1 aliphatic heterocycles. The van der Waals surface area contributed by atoms with E-state index in [4.69, 9.17) is 4.42 Å². The number of rotatable bonds is 6. The first kappa shape index (κ1) is 17.4. The summed E-state index contributed by atoms with van der Waals surface area (Å²) in [6.07, 6.45) is 1.12. The van der Waals surface area contributed by atoms with Crippen LogP contribution in [0.1, 0.15) is 24.4 Å². The summed E-state index contributed by atoms with van der Waals surface area (Å²) in [5.74, 6) is 1.34. The molecule has 136 valence electrons. The van der Waals surface area contributed by atoms with Crippen LogP contribution in [-0.4, -0.2) is 52.7 Å². The Morgan fingerprint density at radius 3 is 2.58 bits per heavy atom. The molecule has 0 amide bonds. The van der Waals surface area contributed by atoms with Crippen LogP contribution in [-0.2, 0) is 6.42 Å². The van der Waals surface area contributed by atoms with Crippen molar-refractivity contribution in [3.63, 3.8) is 0 Å². The summed E-state index contributed by atoms with van der Waals surface area (Å²) in [6.45, 7) is 7.52. The van der Waals surface area contributed by atoms with E-state index in [1.807, 2.05) is 17.5 Å². The van der Waals surface area contributed by atoms with E-state index in [2.05, 4.69) is 57.3 Å². The normalized spacial score (nSPS) is 17.4. The highest BCUT2D eigenvalue weighted by Crippen LogP contribution is 2.27. The highest BCUT2D eigenvalue weighted by Gasteiger charge is 2.25. The molecule has 0 radical (unpaired) electrons. The van der Waals surface area contributed by atoms with Crippen molar-refractivity contribution in [2.45, 2.75) is 19.4 Å². The van der Waals surface area contributed by atoms with Gasteiger partial charge in [-0.3, -0.25) is 4.90 Å². The average Bonchev–Trinajstić information content (AvgIpc) is 3.38. The van der Waals surface area contributed by atoms with E-state index in [9.17, 15) is 0 Å². The molecule has 0 N–H and O–H groups in total. The third-order valence-corrected chi connectivity index (χ3v) is 5.90. The molecular formula is C20H24N4OS. The second-order valence-corrected chi connectivity index (χ2v) is 7.66. The molecule has 26 heavy (non-hydrogen) atoms. The molecule has 1 aromatic carbocycles. The summed E-state index contributed by atoms with van der Waals surface area (Å²) >= 11 is 1.62. The van der Waals surface area contributed by atoms with Crippen molar-refractivity contribution in [2.24, 2.45) is 0 Å². The van der Waals surface area contributed by atoms with Gasteiger partial charge in [-0.25, -0.2) is 0 Å². The van der Waals surface area contributed by atoms with Gasteiger partial charge in [0.05, 0.1) is 10.9 Å². The van der Waals surface area contributed by atoms with Crippen LogP contribution in [0, 0.1) is 0 Å². The van der Waals surface area contributed by atoms with Gasteiger partial charge in [-0.2, -0.15) is 0 Å². The predicted octanol–water partition coefficient (Wildman–Crippen LogP) is 3.72. The summed E-state index contributed by atoms with van der Waals surface area (Å²) in [4.78, 5) is 6.01. The quantitative estimate of drug-likeness (QED) is 0.663. The first-order chi connectivity index (χ1) is 12.8. The maximum Gasteiger partial charge on any atom is 0.257 e. The van der Waals surface area contributed by atoms with Gasteiger partial charge in [0.25, 0.3) is 5.89 Å². The van der Waals surface area contributed by atoms with Crippen LogP contribution in [0.2, 0.25) is 0 Å². The SMILES string of the molecule is C[C@H](c1nnc(-c2cccs2)o1)N1CCN(CCc2ccccc2)CC1. The number of aromatic nitrogens is 2. The van der Waals surface area contributed by atoms with Crippen LogP contribution in [0.4, 0.5) is 0 Å². The highest BCUT2D eigenvalue weighted by molar-refractivity contribution is 7.13. The number of hydrogen-bond acceptors (Lipinski definition) is 6. The maximum atomic E-state index is 5.91. The average molecular weight is 369 g/mol. The molecule has 0 aliphatic carbocycles. The Bertz CT molecular complexity index is 794. The first-order valence-electron chi connectivity index (χ1n) is 9.17. The molecule has 1 fully saturated rings. The summed E-state index contributed by atoms with van der Waals surface area (Å²) in [5, 5.41) is 10.5. The number of nitrogens with zero attached hydrogens (tertiary/aromatic N) is 4. The molecule has 4 rings (SSSR count). The summed E-state index contributed by atoms with van der Waals surface area (Å²) in [7, 11) is 0. The third-order valence-electron chi connectivity index (χ3n) is 5.04. The van der Waals surface area contributed by atoms with Gasteiger partial charge in [-0.1, -0.05) is 36.4 Å².